The minimum Gasteiger partial charge on any atom is -0.456 e. The molecule has 0 radical (unpaired) electrons. The summed E-state index contributed by atoms with van der Waals surface area (Å²) in [6.07, 6.45) is -4.61. The highest BCUT2D eigenvalue weighted by atomic mass is 19.4. The lowest BCUT2D eigenvalue weighted by Crippen LogP contribution is -2.53. The largest absolute Gasteiger partial charge is 0.456 e. The van der Waals surface area contributed by atoms with Crippen LogP contribution in [0.25, 0.3) is 21.9 Å². The third-order valence-corrected chi connectivity index (χ3v) is 7.89. The Labute approximate surface area is 240 Å². The molecular weight excluding hydrogens is 554 g/mol. The highest BCUT2D eigenvalue weighted by Crippen LogP contribution is 2.38. The van der Waals surface area contributed by atoms with Gasteiger partial charge in [-0.15, -0.1) is 0 Å². The predicted molar refractivity (Wildman–Crippen MR) is 148 cm³/mol. The van der Waals surface area contributed by atoms with E-state index in [9.17, 15) is 32.4 Å². The van der Waals surface area contributed by atoms with Crippen LogP contribution in [0.15, 0.2) is 40.8 Å². The second kappa shape index (κ2) is 10.9. The Morgan fingerprint density at radius 1 is 1.02 bits per heavy atom. The van der Waals surface area contributed by atoms with E-state index in [1.165, 1.54) is 32.0 Å². The van der Waals surface area contributed by atoms with Crippen LogP contribution >= 0.6 is 0 Å². The molecule has 1 aromatic heterocycles. The van der Waals surface area contributed by atoms with Crippen molar-refractivity contribution in [1.29, 1.82) is 5.26 Å². The van der Waals surface area contributed by atoms with E-state index in [-0.39, 0.29) is 17.1 Å². The minimum atomic E-state index is -4.84. The van der Waals surface area contributed by atoms with E-state index in [2.05, 4.69) is 15.5 Å². The summed E-state index contributed by atoms with van der Waals surface area (Å²) < 4.78 is 63.7. The molecule has 2 heterocycles. The molecule has 1 saturated carbocycles. The first kappa shape index (κ1) is 29.8. The molecule has 2 atom stereocenters. The predicted octanol–water partition coefficient (Wildman–Crippen LogP) is 4.85. The van der Waals surface area contributed by atoms with Crippen LogP contribution in [0.5, 0.6) is 0 Å². The highest BCUT2D eigenvalue weighted by Gasteiger charge is 2.48. The molecule has 1 unspecified atom stereocenters. The molecule has 1 aliphatic carbocycles. The van der Waals surface area contributed by atoms with Crippen molar-refractivity contribution in [3.05, 3.63) is 47.5 Å². The van der Waals surface area contributed by atoms with Crippen LogP contribution in [0.4, 0.5) is 17.6 Å². The van der Waals surface area contributed by atoms with Gasteiger partial charge in [0.15, 0.2) is 0 Å². The zero-order chi connectivity index (χ0) is 30.4. The van der Waals surface area contributed by atoms with Crippen LogP contribution < -0.4 is 10.6 Å². The Bertz CT molecular complexity index is 1540. The standard InChI is InChI=1S/C30H33F4N5O3/c1-28(2,31)16-22(26(40)37-29(17-35)8-9-29)36-25(30(32,33)34)18-4-6-20-21-14-19(5-7-23(21)42-24(20)15-18)27(41)39-12-10-38(3)11-13-39/h4-7,14-15,22,25,36H,8-13,16H2,1-3H3,(H,37,40)/t22-,25?/m0/s1. The van der Waals surface area contributed by atoms with Crippen LogP contribution in [0, 0.1) is 11.3 Å². The molecule has 2 N–H and O–H groups in total. The zero-order valence-corrected chi connectivity index (χ0v) is 23.6. The number of nitrogens with zero attached hydrogens (tertiary/aromatic N) is 3. The lowest BCUT2D eigenvalue weighted by Gasteiger charge is -2.32. The number of nitriles is 1. The third-order valence-electron chi connectivity index (χ3n) is 7.89. The van der Waals surface area contributed by atoms with Gasteiger partial charge in [-0.3, -0.25) is 14.9 Å². The fourth-order valence-corrected chi connectivity index (χ4v) is 5.30. The summed E-state index contributed by atoms with van der Waals surface area (Å²) >= 11 is 0. The molecule has 2 amide bonds. The first-order valence-corrected chi connectivity index (χ1v) is 13.9. The Balaban J connectivity index is 1.44. The van der Waals surface area contributed by atoms with E-state index in [0.29, 0.717) is 47.9 Å². The van der Waals surface area contributed by atoms with Gasteiger partial charge in [-0.05, 0) is 63.6 Å². The number of carbonyl (C=O) groups excluding carboxylic acids is 2. The number of furan rings is 1. The molecule has 224 valence electrons. The van der Waals surface area contributed by atoms with Crippen molar-refractivity contribution in [3.8, 4) is 6.07 Å². The van der Waals surface area contributed by atoms with Gasteiger partial charge >= 0.3 is 6.18 Å². The fourth-order valence-electron chi connectivity index (χ4n) is 5.30. The third kappa shape index (κ3) is 6.37. The molecule has 1 saturated heterocycles. The summed E-state index contributed by atoms with van der Waals surface area (Å²) in [5.41, 5.74) is -2.26. The van der Waals surface area contributed by atoms with Crippen molar-refractivity contribution in [3.63, 3.8) is 0 Å². The first-order valence-electron chi connectivity index (χ1n) is 13.9. The van der Waals surface area contributed by atoms with Crippen molar-refractivity contribution in [1.82, 2.24) is 20.4 Å². The number of rotatable bonds is 8. The normalized spacial score (nSPS) is 19.0. The van der Waals surface area contributed by atoms with Gasteiger partial charge in [0.25, 0.3) is 5.91 Å². The minimum absolute atomic E-state index is 0.123. The van der Waals surface area contributed by atoms with Crippen LogP contribution in [0.1, 0.15) is 55.1 Å². The van der Waals surface area contributed by atoms with Crippen molar-refractivity contribution >= 4 is 33.8 Å². The second-order valence-corrected chi connectivity index (χ2v) is 12.0. The molecule has 0 bridgehead atoms. The van der Waals surface area contributed by atoms with Gasteiger partial charge in [0.1, 0.15) is 28.4 Å². The maximum atomic E-state index is 14.6. The summed E-state index contributed by atoms with van der Waals surface area (Å²) in [6, 6.07) is 7.07. The SMILES string of the molecule is CN1CCN(C(=O)c2ccc3oc4cc(C(N[C@@H](CC(C)(C)F)C(=O)NC5(C#N)CC5)C(F)(F)F)ccc4c3c2)CC1. The van der Waals surface area contributed by atoms with Crippen LogP contribution in [-0.4, -0.2) is 78.3 Å². The molecular formula is C30H33F4N5O3. The maximum Gasteiger partial charge on any atom is 0.407 e. The van der Waals surface area contributed by atoms with Gasteiger partial charge in [0.05, 0.1) is 12.1 Å². The van der Waals surface area contributed by atoms with Gasteiger partial charge < -0.3 is 19.5 Å². The molecule has 3 aromatic rings. The molecule has 42 heavy (non-hydrogen) atoms. The average molecular weight is 588 g/mol. The van der Waals surface area contributed by atoms with Crippen molar-refractivity contribution < 1.29 is 31.6 Å². The zero-order valence-electron chi connectivity index (χ0n) is 23.6. The summed E-state index contributed by atoms with van der Waals surface area (Å²) in [5, 5.41) is 15.3. The summed E-state index contributed by atoms with van der Waals surface area (Å²) in [7, 11) is 1.99. The van der Waals surface area contributed by atoms with Crippen LogP contribution in [0.3, 0.4) is 0 Å². The Hall–Kier alpha value is -3.69. The molecule has 12 heteroatoms. The van der Waals surface area contributed by atoms with Gasteiger partial charge in [-0.25, -0.2) is 4.39 Å². The average Bonchev–Trinajstić information content (AvgIpc) is 3.60. The number of fused-ring (bicyclic) bond motifs is 3. The van der Waals surface area contributed by atoms with Crippen molar-refractivity contribution in [2.45, 2.75) is 62.6 Å². The summed E-state index contributed by atoms with van der Waals surface area (Å²) in [5.74, 6) is -0.988. The molecule has 2 aliphatic rings. The van der Waals surface area contributed by atoms with E-state index < -0.39 is 41.8 Å². The van der Waals surface area contributed by atoms with Crippen molar-refractivity contribution in [2.75, 3.05) is 33.2 Å². The number of alkyl halides is 4. The number of piperazine rings is 1. The molecule has 2 fully saturated rings. The number of halogens is 4. The maximum absolute atomic E-state index is 14.6. The van der Waals surface area contributed by atoms with Crippen molar-refractivity contribution in [2.24, 2.45) is 0 Å². The topological polar surface area (TPSA) is 102 Å². The molecule has 8 nitrogen and oxygen atoms in total. The fraction of sp³-hybridized carbons (Fsp3) is 0.500. The highest BCUT2D eigenvalue weighted by molar-refractivity contribution is 6.08. The second-order valence-electron chi connectivity index (χ2n) is 12.0. The summed E-state index contributed by atoms with van der Waals surface area (Å²) in [6.45, 7) is 5.10. The number of hydrogen-bond acceptors (Lipinski definition) is 6. The van der Waals surface area contributed by atoms with Crippen LogP contribution in [-0.2, 0) is 4.79 Å². The quantitative estimate of drug-likeness (QED) is 0.366. The van der Waals surface area contributed by atoms with E-state index in [1.54, 1.807) is 23.1 Å². The van der Waals surface area contributed by atoms with Gasteiger partial charge in [0.2, 0.25) is 5.91 Å². The Morgan fingerprint density at radius 3 is 2.31 bits per heavy atom. The van der Waals surface area contributed by atoms with Gasteiger partial charge in [-0.2, -0.15) is 18.4 Å². The molecule has 1 aliphatic heterocycles. The Kier molecular flexibility index (Phi) is 7.70. The number of carbonyl (C=O) groups is 2. The van der Waals surface area contributed by atoms with E-state index in [0.717, 1.165) is 13.1 Å². The number of amides is 2. The monoisotopic (exact) mass is 587 g/mol. The number of benzene rings is 2. The lowest BCUT2D eigenvalue weighted by molar-refractivity contribution is -0.161. The molecule has 2 aromatic carbocycles. The number of hydrogen-bond donors (Lipinski definition) is 2. The van der Waals surface area contributed by atoms with E-state index in [1.807, 2.05) is 13.1 Å². The van der Waals surface area contributed by atoms with Gasteiger partial charge in [-0.1, -0.05) is 12.1 Å². The van der Waals surface area contributed by atoms with Gasteiger partial charge in [0, 0.05) is 48.9 Å². The smallest absolute Gasteiger partial charge is 0.407 e. The first-order chi connectivity index (χ1) is 19.7. The molecule has 5 rings (SSSR count). The Morgan fingerprint density at radius 2 is 1.71 bits per heavy atom. The number of likely N-dealkylation sites (N-methyl/N-ethyl adjacent to an activating group) is 1. The summed E-state index contributed by atoms with van der Waals surface area (Å²) in [4.78, 5) is 30.0. The molecule has 0 spiro atoms. The van der Waals surface area contributed by atoms with Crippen LogP contribution in [0.2, 0.25) is 0 Å². The number of nitrogens with one attached hydrogen (secondary N) is 2. The lowest BCUT2D eigenvalue weighted by atomic mass is 9.97. The van der Waals surface area contributed by atoms with E-state index in [4.69, 9.17) is 4.42 Å². The van der Waals surface area contributed by atoms with E-state index >= 15 is 0 Å².